The first-order chi connectivity index (χ1) is 12.6. The summed E-state index contributed by atoms with van der Waals surface area (Å²) in [5.74, 6) is 0.710. The number of aliphatic imine (C=N–C) groups is 1. The van der Waals surface area contributed by atoms with Crippen molar-refractivity contribution in [3.05, 3.63) is 30.1 Å². The van der Waals surface area contributed by atoms with E-state index in [1.54, 1.807) is 25.3 Å². The number of ether oxygens (including phenoxy) is 2. The Morgan fingerprint density at radius 3 is 2.69 bits per heavy atom. The highest BCUT2D eigenvalue weighted by atomic mass is 19.1. The lowest BCUT2D eigenvalue weighted by atomic mass is 9.67. The van der Waals surface area contributed by atoms with Gasteiger partial charge in [0.25, 0.3) is 0 Å². The lowest BCUT2D eigenvalue weighted by Gasteiger charge is -2.40. The van der Waals surface area contributed by atoms with E-state index in [1.807, 2.05) is 13.8 Å². The molecule has 6 heteroatoms. The predicted molar refractivity (Wildman–Crippen MR) is 103 cm³/mol. The van der Waals surface area contributed by atoms with E-state index in [9.17, 15) is 4.39 Å². The van der Waals surface area contributed by atoms with Crippen molar-refractivity contribution in [2.45, 2.75) is 45.6 Å². The van der Waals surface area contributed by atoms with Gasteiger partial charge in [-0.25, -0.2) is 4.39 Å². The molecule has 1 aromatic carbocycles. The van der Waals surface area contributed by atoms with Crippen molar-refractivity contribution in [1.82, 2.24) is 10.6 Å². The Hall–Kier alpha value is -1.82. The SMILES string of the molecule is CCNC(=NCC1(CCOC)CCC1)NCC(C)Oc1ccccc1F. The number of nitrogens with one attached hydrogen (secondary N) is 2. The number of halogens is 1. The van der Waals surface area contributed by atoms with Crippen molar-refractivity contribution in [3.63, 3.8) is 0 Å². The third kappa shape index (κ3) is 6.16. The smallest absolute Gasteiger partial charge is 0.191 e. The van der Waals surface area contributed by atoms with Crippen molar-refractivity contribution < 1.29 is 13.9 Å². The second-order valence-electron chi connectivity index (χ2n) is 7.03. The number of rotatable bonds is 10. The molecule has 1 saturated carbocycles. The molecule has 26 heavy (non-hydrogen) atoms. The molecule has 0 aliphatic heterocycles. The maximum atomic E-state index is 13.7. The molecule has 146 valence electrons. The molecule has 1 aliphatic carbocycles. The molecule has 1 aromatic rings. The summed E-state index contributed by atoms with van der Waals surface area (Å²) in [6, 6.07) is 6.46. The summed E-state index contributed by atoms with van der Waals surface area (Å²) >= 11 is 0. The standard InChI is InChI=1S/C20H32FN3O2/c1-4-22-19(24-15-20(10-7-11-20)12-13-25-3)23-14-16(2)26-18-9-6-5-8-17(18)21/h5-6,8-9,16H,4,7,10-15H2,1-3H3,(H2,22,23,24). The van der Waals surface area contributed by atoms with E-state index in [1.165, 1.54) is 25.3 Å². The zero-order valence-electron chi connectivity index (χ0n) is 16.2. The largest absolute Gasteiger partial charge is 0.486 e. The Morgan fingerprint density at radius 1 is 1.31 bits per heavy atom. The molecule has 0 heterocycles. The molecule has 1 aliphatic rings. The van der Waals surface area contributed by atoms with Crippen LogP contribution < -0.4 is 15.4 Å². The van der Waals surface area contributed by atoms with Crippen molar-refractivity contribution in [3.8, 4) is 5.75 Å². The number of hydrogen-bond donors (Lipinski definition) is 2. The van der Waals surface area contributed by atoms with Crippen LogP contribution in [-0.4, -0.2) is 45.4 Å². The monoisotopic (exact) mass is 365 g/mol. The van der Waals surface area contributed by atoms with Crippen LogP contribution in [0.2, 0.25) is 0 Å². The number of guanidine groups is 1. The summed E-state index contributed by atoms with van der Waals surface area (Å²) in [5, 5.41) is 6.57. The normalized spacial score (nSPS) is 17.3. The van der Waals surface area contributed by atoms with Gasteiger partial charge in [-0.15, -0.1) is 0 Å². The summed E-state index contributed by atoms with van der Waals surface area (Å²) < 4.78 is 24.6. The number of hydrogen-bond acceptors (Lipinski definition) is 3. The van der Waals surface area contributed by atoms with Gasteiger partial charge in [0, 0.05) is 26.8 Å². The van der Waals surface area contributed by atoms with Gasteiger partial charge in [-0.05, 0) is 50.7 Å². The minimum Gasteiger partial charge on any atom is -0.486 e. The van der Waals surface area contributed by atoms with Crippen LogP contribution in [0.15, 0.2) is 29.3 Å². The Balaban J connectivity index is 1.85. The molecule has 2 N–H and O–H groups in total. The second kappa shape index (κ2) is 10.4. The minimum atomic E-state index is -0.343. The highest BCUT2D eigenvalue weighted by Crippen LogP contribution is 2.44. The Kier molecular flexibility index (Phi) is 8.16. The molecule has 0 radical (unpaired) electrons. The summed E-state index contributed by atoms with van der Waals surface area (Å²) in [7, 11) is 1.75. The van der Waals surface area contributed by atoms with Crippen molar-refractivity contribution in [2.75, 3.05) is 33.4 Å². The maximum absolute atomic E-state index is 13.7. The number of methoxy groups -OCH3 is 1. The van der Waals surface area contributed by atoms with E-state index in [4.69, 9.17) is 14.5 Å². The van der Waals surface area contributed by atoms with E-state index >= 15 is 0 Å². The van der Waals surface area contributed by atoms with Crippen LogP contribution in [0.4, 0.5) is 4.39 Å². The molecule has 2 rings (SSSR count). The number of benzene rings is 1. The third-order valence-electron chi connectivity index (χ3n) is 4.89. The van der Waals surface area contributed by atoms with Gasteiger partial charge in [0.2, 0.25) is 0 Å². The molecule has 1 atom stereocenters. The van der Waals surface area contributed by atoms with Gasteiger partial charge >= 0.3 is 0 Å². The summed E-state index contributed by atoms with van der Waals surface area (Å²) in [6.07, 6.45) is 4.58. The zero-order valence-corrected chi connectivity index (χ0v) is 16.2. The van der Waals surface area contributed by atoms with Gasteiger partial charge in [-0.3, -0.25) is 4.99 Å². The molecule has 0 amide bonds. The summed E-state index contributed by atoms with van der Waals surface area (Å²) in [4.78, 5) is 4.77. The van der Waals surface area contributed by atoms with Crippen molar-refractivity contribution >= 4 is 5.96 Å². The first kappa shape index (κ1) is 20.5. The molecule has 0 saturated heterocycles. The van der Waals surface area contributed by atoms with Crippen LogP contribution in [0.3, 0.4) is 0 Å². The van der Waals surface area contributed by atoms with E-state index < -0.39 is 0 Å². The van der Waals surface area contributed by atoms with Crippen LogP contribution in [0.25, 0.3) is 0 Å². The molecular weight excluding hydrogens is 333 g/mol. The highest BCUT2D eigenvalue weighted by molar-refractivity contribution is 5.79. The second-order valence-corrected chi connectivity index (χ2v) is 7.03. The van der Waals surface area contributed by atoms with E-state index in [2.05, 4.69) is 10.6 Å². The molecular formula is C20H32FN3O2. The molecule has 1 fully saturated rings. The Labute approximate surface area is 156 Å². The molecule has 0 bridgehead atoms. The molecule has 1 unspecified atom stereocenters. The fourth-order valence-electron chi connectivity index (χ4n) is 3.11. The average Bonchev–Trinajstić information content (AvgIpc) is 2.60. The van der Waals surface area contributed by atoms with Gasteiger partial charge in [0.15, 0.2) is 17.5 Å². The van der Waals surface area contributed by atoms with Gasteiger partial charge < -0.3 is 20.1 Å². The number of para-hydroxylation sites is 1. The van der Waals surface area contributed by atoms with Crippen LogP contribution in [0.5, 0.6) is 5.75 Å². The van der Waals surface area contributed by atoms with Crippen LogP contribution >= 0.6 is 0 Å². The van der Waals surface area contributed by atoms with Crippen molar-refractivity contribution in [1.29, 1.82) is 0 Å². The first-order valence-electron chi connectivity index (χ1n) is 9.51. The Morgan fingerprint density at radius 2 is 2.08 bits per heavy atom. The molecule has 5 nitrogen and oxygen atoms in total. The van der Waals surface area contributed by atoms with Crippen LogP contribution in [0, 0.1) is 11.2 Å². The van der Waals surface area contributed by atoms with Gasteiger partial charge in [0.05, 0.1) is 6.54 Å². The van der Waals surface area contributed by atoms with Crippen molar-refractivity contribution in [2.24, 2.45) is 10.4 Å². The average molecular weight is 365 g/mol. The minimum absolute atomic E-state index is 0.179. The fourth-order valence-corrected chi connectivity index (χ4v) is 3.11. The predicted octanol–water partition coefficient (Wildman–Crippen LogP) is 3.35. The lowest BCUT2D eigenvalue weighted by molar-refractivity contribution is 0.0778. The van der Waals surface area contributed by atoms with Crippen LogP contribution in [0.1, 0.15) is 39.5 Å². The van der Waals surface area contributed by atoms with E-state index in [0.717, 1.165) is 32.1 Å². The van der Waals surface area contributed by atoms with Crippen LogP contribution in [-0.2, 0) is 4.74 Å². The summed E-state index contributed by atoms with van der Waals surface area (Å²) in [5.41, 5.74) is 0.285. The topological polar surface area (TPSA) is 54.9 Å². The third-order valence-corrected chi connectivity index (χ3v) is 4.89. The first-order valence-corrected chi connectivity index (χ1v) is 9.51. The van der Waals surface area contributed by atoms with Gasteiger partial charge in [0.1, 0.15) is 6.10 Å². The van der Waals surface area contributed by atoms with Gasteiger partial charge in [-0.1, -0.05) is 18.6 Å². The summed E-state index contributed by atoms with van der Waals surface area (Å²) in [6.45, 7) is 6.88. The molecule has 0 spiro atoms. The highest BCUT2D eigenvalue weighted by Gasteiger charge is 2.36. The number of nitrogens with zero attached hydrogens (tertiary/aromatic N) is 1. The van der Waals surface area contributed by atoms with E-state index in [-0.39, 0.29) is 23.1 Å². The fraction of sp³-hybridized carbons (Fsp3) is 0.650. The maximum Gasteiger partial charge on any atom is 0.191 e. The van der Waals surface area contributed by atoms with Gasteiger partial charge in [-0.2, -0.15) is 0 Å². The quantitative estimate of drug-likeness (QED) is 0.493. The molecule has 0 aromatic heterocycles. The lowest BCUT2D eigenvalue weighted by Crippen LogP contribution is -2.43. The van der Waals surface area contributed by atoms with E-state index in [0.29, 0.717) is 6.54 Å². The Bertz CT molecular complexity index is 576. The zero-order chi connectivity index (χ0) is 18.8.